The number of benzene rings is 1. The Balaban J connectivity index is 2.53. The molecule has 0 aliphatic rings. The lowest BCUT2D eigenvalue weighted by Gasteiger charge is -2.06. The minimum absolute atomic E-state index is 0.119. The number of pyridine rings is 1. The average molecular weight is 252 g/mol. The molecule has 0 aliphatic heterocycles. The van der Waals surface area contributed by atoms with Gasteiger partial charge in [-0.1, -0.05) is 12.1 Å². The first-order valence-corrected chi connectivity index (χ1v) is 5.66. The predicted molar refractivity (Wildman–Crippen MR) is 66.6 cm³/mol. The van der Waals surface area contributed by atoms with Gasteiger partial charge in [0.2, 0.25) is 5.56 Å². The maximum Gasteiger partial charge on any atom is 0.250 e. The van der Waals surface area contributed by atoms with E-state index >= 15 is 0 Å². The summed E-state index contributed by atoms with van der Waals surface area (Å²) in [7, 11) is 1.64. The monoisotopic (exact) mass is 251 g/mol. The summed E-state index contributed by atoms with van der Waals surface area (Å²) < 4.78 is 15.2. The molecule has 0 aliphatic carbocycles. The molecule has 2 aromatic rings. The molecule has 0 N–H and O–H groups in total. The van der Waals surface area contributed by atoms with Crippen LogP contribution in [0.2, 0.25) is 0 Å². The van der Waals surface area contributed by atoms with Crippen molar-refractivity contribution in [3.63, 3.8) is 0 Å². The quantitative estimate of drug-likeness (QED) is 0.753. The lowest BCUT2D eigenvalue weighted by Crippen LogP contribution is -2.14. The molecule has 0 saturated carbocycles. The molecule has 88 valence electrons. The number of aromatic nitrogens is 1. The molecule has 1 heterocycles. The second kappa shape index (κ2) is 4.72. The largest absolute Gasteiger partial charge is 0.318 e. The van der Waals surface area contributed by atoms with Crippen LogP contribution in [0.4, 0.5) is 4.39 Å². The summed E-state index contributed by atoms with van der Waals surface area (Å²) >= 11 is 5.63. The van der Waals surface area contributed by atoms with Crippen molar-refractivity contribution in [3.8, 4) is 11.1 Å². The maximum atomic E-state index is 13.8. The van der Waals surface area contributed by atoms with Gasteiger partial charge < -0.3 is 4.57 Å². The number of halogens is 2. The molecule has 17 heavy (non-hydrogen) atoms. The van der Waals surface area contributed by atoms with Gasteiger partial charge >= 0.3 is 0 Å². The molecule has 0 fully saturated rings. The highest BCUT2D eigenvalue weighted by Crippen LogP contribution is 2.23. The van der Waals surface area contributed by atoms with Crippen LogP contribution >= 0.6 is 11.6 Å². The number of aryl methyl sites for hydroxylation is 1. The van der Waals surface area contributed by atoms with Gasteiger partial charge in [-0.3, -0.25) is 4.79 Å². The summed E-state index contributed by atoms with van der Waals surface area (Å²) in [6.45, 7) is 0. The van der Waals surface area contributed by atoms with Crippen molar-refractivity contribution in [2.75, 3.05) is 0 Å². The van der Waals surface area contributed by atoms with E-state index in [9.17, 15) is 9.18 Å². The summed E-state index contributed by atoms with van der Waals surface area (Å²) in [4.78, 5) is 11.2. The SMILES string of the molecule is Cn1cc(-c2ccc(CCl)cc2F)ccc1=O. The van der Waals surface area contributed by atoms with E-state index in [1.165, 1.54) is 16.7 Å². The summed E-state index contributed by atoms with van der Waals surface area (Å²) in [6.07, 6.45) is 1.61. The molecule has 0 unspecified atom stereocenters. The van der Waals surface area contributed by atoms with Crippen LogP contribution in [0.25, 0.3) is 11.1 Å². The van der Waals surface area contributed by atoms with E-state index in [1.54, 1.807) is 31.4 Å². The third-order valence-electron chi connectivity index (χ3n) is 2.58. The lowest BCUT2D eigenvalue weighted by molar-refractivity contribution is 0.629. The number of rotatable bonds is 2. The minimum Gasteiger partial charge on any atom is -0.318 e. The van der Waals surface area contributed by atoms with Crippen LogP contribution in [0.15, 0.2) is 41.3 Å². The van der Waals surface area contributed by atoms with E-state index in [0.29, 0.717) is 11.1 Å². The smallest absolute Gasteiger partial charge is 0.250 e. The second-order valence-electron chi connectivity index (χ2n) is 3.81. The lowest BCUT2D eigenvalue weighted by atomic mass is 10.1. The van der Waals surface area contributed by atoms with E-state index < -0.39 is 0 Å². The van der Waals surface area contributed by atoms with Crippen LogP contribution in [0.3, 0.4) is 0 Å². The van der Waals surface area contributed by atoms with Crippen molar-refractivity contribution >= 4 is 11.6 Å². The van der Waals surface area contributed by atoms with Crippen molar-refractivity contribution in [2.45, 2.75) is 5.88 Å². The number of hydrogen-bond acceptors (Lipinski definition) is 1. The van der Waals surface area contributed by atoms with Gasteiger partial charge in [-0.15, -0.1) is 11.6 Å². The summed E-state index contributed by atoms with van der Waals surface area (Å²) in [5, 5.41) is 0. The first kappa shape index (κ1) is 11.9. The van der Waals surface area contributed by atoms with E-state index in [-0.39, 0.29) is 17.3 Å². The fourth-order valence-electron chi connectivity index (χ4n) is 1.63. The second-order valence-corrected chi connectivity index (χ2v) is 4.08. The highest BCUT2D eigenvalue weighted by atomic mass is 35.5. The summed E-state index contributed by atoms with van der Waals surface area (Å²) in [5.74, 6) is -0.0494. The molecule has 0 spiro atoms. The molecule has 2 rings (SSSR count). The van der Waals surface area contributed by atoms with Gasteiger partial charge in [-0.2, -0.15) is 0 Å². The zero-order valence-corrected chi connectivity index (χ0v) is 10.0. The molecule has 0 bridgehead atoms. The summed E-state index contributed by atoms with van der Waals surface area (Å²) in [6, 6.07) is 7.89. The average Bonchev–Trinajstić information content (AvgIpc) is 2.32. The van der Waals surface area contributed by atoms with E-state index in [1.807, 2.05) is 0 Å². The Bertz CT molecular complexity index is 607. The number of nitrogens with zero attached hydrogens (tertiary/aromatic N) is 1. The Hall–Kier alpha value is -1.61. The fraction of sp³-hybridized carbons (Fsp3) is 0.154. The Kier molecular flexibility index (Phi) is 3.29. The van der Waals surface area contributed by atoms with Gasteiger partial charge in [-0.25, -0.2) is 4.39 Å². The fourth-order valence-corrected chi connectivity index (χ4v) is 1.80. The van der Waals surface area contributed by atoms with Gasteiger partial charge in [0.25, 0.3) is 0 Å². The van der Waals surface area contributed by atoms with Gasteiger partial charge in [0, 0.05) is 36.3 Å². The first-order chi connectivity index (χ1) is 8.11. The van der Waals surface area contributed by atoms with Crippen LogP contribution in [0.1, 0.15) is 5.56 Å². The first-order valence-electron chi connectivity index (χ1n) is 5.13. The van der Waals surface area contributed by atoms with Crippen LogP contribution in [0.5, 0.6) is 0 Å². The topological polar surface area (TPSA) is 22.0 Å². The van der Waals surface area contributed by atoms with Gasteiger partial charge in [0.1, 0.15) is 5.82 Å². The Morgan fingerprint density at radius 3 is 2.65 bits per heavy atom. The predicted octanol–water partition coefficient (Wildman–Crippen LogP) is 2.93. The van der Waals surface area contributed by atoms with Crippen LogP contribution in [0, 0.1) is 5.82 Å². The van der Waals surface area contributed by atoms with Gasteiger partial charge in [0.15, 0.2) is 0 Å². The van der Waals surface area contributed by atoms with Crippen molar-refractivity contribution in [1.29, 1.82) is 0 Å². The van der Waals surface area contributed by atoms with Gasteiger partial charge in [-0.05, 0) is 17.7 Å². The molecule has 0 radical (unpaired) electrons. The van der Waals surface area contributed by atoms with Gasteiger partial charge in [0.05, 0.1) is 0 Å². The zero-order chi connectivity index (χ0) is 12.4. The Morgan fingerprint density at radius 1 is 1.29 bits per heavy atom. The van der Waals surface area contributed by atoms with Crippen LogP contribution in [-0.4, -0.2) is 4.57 Å². The molecule has 2 nitrogen and oxygen atoms in total. The number of hydrogen-bond donors (Lipinski definition) is 0. The van der Waals surface area contributed by atoms with E-state index in [2.05, 4.69) is 0 Å². The van der Waals surface area contributed by atoms with Crippen LogP contribution in [-0.2, 0) is 12.9 Å². The zero-order valence-electron chi connectivity index (χ0n) is 9.28. The normalized spacial score (nSPS) is 10.5. The van der Waals surface area contributed by atoms with Crippen LogP contribution < -0.4 is 5.56 Å². The molecule has 0 atom stereocenters. The third-order valence-corrected chi connectivity index (χ3v) is 2.89. The van der Waals surface area contributed by atoms with Crippen molar-refractivity contribution < 1.29 is 4.39 Å². The third kappa shape index (κ3) is 2.39. The molecule has 1 aromatic heterocycles. The van der Waals surface area contributed by atoms with E-state index in [4.69, 9.17) is 11.6 Å². The van der Waals surface area contributed by atoms with E-state index in [0.717, 1.165) is 5.56 Å². The summed E-state index contributed by atoms with van der Waals surface area (Å²) in [5.41, 5.74) is 1.75. The maximum absolute atomic E-state index is 13.8. The Morgan fingerprint density at radius 2 is 2.06 bits per heavy atom. The molecular weight excluding hydrogens is 241 g/mol. The molecule has 0 amide bonds. The van der Waals surface area contributed by atoms with Crippen molar-refractivity contribution in [2.24, 2.45) is 7.05 Å². The highest BCUT2D eigenvalue weighted by molar-refractivity contribution is 6.17. The molecule has 1 aromatic carbocycles. The molecule has 0 saturated heterocycles. The highest BCUT2D eigenvalue weighted by Gasteiger charge is 2.06. The molecular formula is C13H11ClFNO. The molecule has 4 heteroatoms. The van der Waals surface area contributed by atoms with Crippen molar-refractivity contribution in [3.05, 3.63) is 58.3 Å². The number of alkyl halides is 1. The minimum atomic E-state index is -0.332. The van der Waals surface area contributed by atoms with Crippen molar-refractivity contribution in [1.82, 2.24) is 4.57 Å². The Labute approximate surface area is 103 Å². The standard InChI is InChI=1S/C13H11ClFNO/c1-16-8-10(3-5-13(16)17)11-4-2-9(7-14)6-12(11)15/h2-6,8H,7H2,1H3.